The second-order valence-corrected chi connectivity index (χ2v) is 4.60. The van der Waals surface area contributed by atoms with E-state index in [1.807, 2.05) is 0 Å². The molecule has 100 valence electrons. The van der Waals surface area contributed by atoms with E-state index < -0.39 is 0 Å². The van der Waals surface area contributed by atoms with Crippen molar-refractivity contribution in [3.8, 4) is 34.3 Å². The number of phenols is 2. The number of aromatic hydroxyl groups is 2. The fourth-order valence-corrected chi connectivity index (χ4v) is 1.90. The molecule has 0 aliphatic carbocycles. The molecule has 1 heterocycles. The maximum atomic E-state index is 9.45. The number of benzene rings is 2. The first-order valence-electron chi connectivity index (χ1n) is 5.75. The fraction of sp³-hybridized carbons (Fsp3) is 0. The SMILES string of the molecule is Oc1cc(O)cc(-c2nc(-c3ccc(Cl)cc3)no2)c1. The van der Waals surface area contributed by atoms with Crippen LogP contribution >= 0.6 is 11.6 Å². The Kier molecular flexibility index (Phi) is 3.04. The van der Waals surface area contributed by atoms with Gasteiger partial charge in [-0.3, -0.25) is 0 Å². The van der Waals surface area contributed by atoms with Crippen molar-refractivity contribution in [3.05, 3.63) is 47.5 Å². The molecule has 1 aromatic heterocycles. The molecule has 0 atom stereocenters. The smallest absolute Gasteiger partial charge is 0.258 e. The summed E-state index contributed by atoms with van der Waals surface area (Å²) >= 11 is 5.82. The largest absolute Gasteiger partial charge is 0.508 e. The van der Waals surface area contributed by atoms with Crippen LogP contribution in [0.25, 0.3) is 22.8 Å². The molecule has 0 saturated heterocycles. The highest BCUT2D eigenvalue weighted by atomic mass is 35.5. The Morgan fingerprint density at radius 3 is 2.20 bits per heavy atom. The molecular weight excluding hydrogens is 280 g/mol. The summed E-state index contributed by atoms with van der Waals surface area (Å²) in [5.74, 6) is 0.457. The van der Waals surface area contributed by atoms with E-state index >= 15 is 0 Å². The van der Waals surface area contributed by atoms with Gasteiger partial charge in [0.2, 0.25) is 5.82 Å². The average molecular weight is 289 g/mol. The Hall–Kier alpha value is -2.53. The normalized spacial score (nSPS) is 10.7. The molecule has 5 nitrogen and oxygen atoms in total. The minimum Gasteiger partial charge on any atom is -0.508 e. The van der Waals surface area contributed by atoms with E-state index in [1.165, 1.54) is 18.2 Å². The summed E-state index contributed by atoms with van der Waals surface area (Å²) in [6, 6.07) is 11.1. The first kappa shape index (κ1) is 12.5. The van der Waals surface area contributed by atoms with Crippen LogP contribution in [-0.4, -0.2) is 20.4 Å². The van der Waals surface area contributed by atoms with Crippen molar-refractivity contribution in [2.24, 2.45) is 0 Å². The Bertz CT molecular complexity index is 733. The molecule has 20 heavy (non-hydrogen) atoms. The number of rotatable bonds is 2. The number of halogens is 1. The third kappa shape index (κ3) is 2.44. The summed E-state index contributed by atoms with van der Waals surface area (Å²) in [7, 11) is 0. The lowest BCUT2D eigenvalue weighted by molar-refractivity contribution is 0.428. The first-order chi connectivity index (χ1) is 9.61. The van der Waals surface area contributed by atoms with E-state index in [0.29, 0.717) is 16.4 Å². The summed E-state index contributed by atoms with van der Waals surface area (Å²) in [5.41, 5.74) is 1.20. The molecule has 0 aliphatic heterocycles. The van der Waals surface area contributed by atoms with Crippen LogP contribution in [0.2, 0.25) is 5.02 Å². The van der Waals surface area contributed by atoms with Crippen LogP contribution in [0, 0.1) is 0 Å². The van der Waals surface area contributed by atoms with Crippen LogP contribution in [0.5, 0.6) is 11.5 Å². The molecule has 0 radical (unpaired) electrons. The second-order valence-electron chi connectivity index (χ2n) is 4.17. The maximum Gasteiger partial charge on any atom is 0.258 e. The molecular formula is C14H9ClN2O3. The molecule has 0 aliphatic rings. The average Bonchev–Trinajstić information content (AvgIpc) is 2.88. The van der Waals surface area contributed by atoms with Crippen LogP contribution in [0.4, 0.5) is 0 Å². The zero-order chi connectivity index (χ0) is 14.1. The lowest BCUT2D eigenvalue weighted by atomic mass is 10.2. The van der Waals surface area contributed by atoms with Crippen molar-refractivity contribution in [2.45, 2.75) is 0 Å². The number of phenolic OH excluding ortho intramolecular Hbond substituents is 2. The highest BCUT2D eigenvalue weighted by molar-refractivity contribution is 6.30. The fourth-order valence-electron chi connectivity index (χ4n) is 1.78. The zero-order valence-corrected chi connectivity index (χ0v) is 10.9. The van der Waals surface area contributed by atoms with Crippen LogP contribution in [0.3, 0.4) is 0 Å². The third-order valence-electron chi connectivity index (χ3n) is 2.68. The second kappa shape index (κ2) is 4.86. The lowest BCUT2D eigenvalue weighted by Gasteiger charge is -1.97. The van der Waals surface area contributed by atoms with E-state index in [9.17, 15) is 10.2 Å². The van der Waals surface area contributed by atoms with Gasteiger partial charge in [0, 0.05) is 22.2 Å². The van der Waals surface area contributed by atoms with Gasteiger partial charge in [-0.2, -0.15) is 4.98 Å². The van der Waals surface area contributed by atoms with Crippen LogP contribution < -0.4 is 0 Å². The standard InChI is InChI=1S/C14H9ClN2O3/c15-10-3-1-8(2-4-10)13-16-14(20-17-13)9-5-11(18)7-12(19)6-9/h1-7,18-19H. The number of aromatic nitrogens is 2. The quantitative estimate of drug-likeness (QED) is 0.755. The minimum absolute atomic E-state index is 0.0776. The van der Waals surface area contributed by atoms with E-state index in [-0.39, 0.29) is 17.4 Å². The topological polar surface area (TPSA) is 79.4 Å². The summed E-state index contributed by atoms with van der Waals surface area (Å²) in [6.45, 7) is 0. The Morgan fingerprint density at radius 2 is 1.55 bits per heavy atom. The first-order valence-corrected chi connectivity index (χ1v) is 6.13. The molecule has 0 fully saturated rings. The molecule has 3 aromatic rings. The molecule has 0 spiro atoms. The van der Waals surface area contributed by atoms with Gasteiger partial charge >= 0.3 is 0 Å². The zero-order valence-electron chi connectivity index (χ0n) is 10.1. The Balaban J connectivity index is 1.99. The van der Waals surface area contributed by atoms with Crippen LogP contribution in [0.15, 0.2) is 47.0 Å². The predicted octanol–water partition coefficient (Wildman–Crippen LogP) is 3.47. The highest BCUT2D eigenvalue weighted by Gasteiger charge is 2.12. The van der Waals surface area contributed by atoms with Gasteiger partial charge in [0.05, 0.1) is 0 Å². The van der Waals surface area contributed by atoms with Crippen molar-refractivity contribution in [2.75, 3.05) is 0 Å². The maximum absolute atomic E-state index is 9.45. The van der Waals surface area contributed by atoms with Gasteiger partial charge in [-0.25, -0.2) is 0 Å². The molecule has 0 bridgehead atoms. The van der Waals surface area contributed by atoms with Crippen molar-refractivity contribution >= 4 is 11.6 Å². The summed E-state index contributed by atoms with van der Waals surface area (Å²) in [6.07, 6.45) is 0. The van der Waals surface area contributed by atoms with Gasteiger partial charge < -0.3 is 14.7 Å². The summed E-state index contributed by atoms with van der Waals surface area (Å²) in [4.78, 5) is 4.22. The third-order valence-corrected chi connectivity index (χ3v) is 2.93. The van der Waals surface area contributed by atoms with Crippen molar-refractivity contribution in [1.29, 1.82) is 0 Å². The van der Waals surface area contributed by atoms with E-state index in [1.54, 1.807) is 24.3 Å². The summed E-state index contributed by atoms with van der Waals surface area (Å²) in [5, 5.41) is 23.4. The van der Waals surface area contributed by atoms with Gasteiger partial charge in [0.1, 0.15) is 11.5 Å². The minimum atomic E-state index is -0.0776. The lowest BCUT2D eigenvalue weighted by Crippen LogP contribution is -1.81. The molecule has 6 heteroatoms. The monoisotopic (exact) mass is 288 g/mol. The molecule has 2 aromatic carbocycles. The Labute approximate surface area is 119 Å². The van der Waals surface area contributed by atoms with Crippen molar-refractivity contribution in [3.63, 3.8) is 0 Å². The van der Waals surface area contributed by atoms with E-state index in [4.69, 9.17) is 16.1 Å². The van der Waals surface area contributed by atoms with E-state index in [0.717, 1.165) is 5.56 Å². The number of hydrogen-bond acceptors (Lipinski definition) is 5. The molecule has 0 saturated carbocycles. The van der Waals surface area contributed by atoms with Gasteiger partial charge in [0.25, 0.3) is 5.89 Å². The van der Waals surface area contributed by atoms with E-state index in [2.05, 4.69) is 10.1 Å². The van der Waals surface area contributed by atoms with Crippen molar-refractivity contribution < 1.29 is 14.7 Å². The Morgan fingerprint density at radius 1 is 0.900 bits per heavy atom. The molecule has 0 unspecified atom stereocenters. The number of hydrogen-bond donors (Lipinski definition) is 2. The van der Waals surface area contributed by atoms with Crippen molar-refractivity contribution in [1.82, 2.24) is 10.1 Å². The van der Waals surface area contributed by atoms with Crippen LogP contribution in [-0.2, 0) is 0 Å². The summed E-state index contributed by atoms with van der Waals surface area (Å²) < 4.78 is 5.13. The number of nitrogens with zero attached hydrogens (tertiary/aromatic N) is 2. The van der Waals surface area contributed by atoms with Gasteiger partial charge in [0.15, 0.2) is 0 Å². The molecule has 2 N–H and O–H groups in total. The molecule has 3 rings (SSSR count). The highest BCUT2D eigenvalue weighted by Crippen LogP contribution is 2.29. The van der Waals surface area contributed by atoms with Gasteiger partial charge in [-0.05, 0) is 36.4 Å². The van der Waals surface area contributed by atoms with Crippen LogP contribution in [0.1, 0.15) is 0 Å². The van der Waals surface area contributed by atoms with Gasteiger partial charge in [-0.15, -0.1) is 0 Å². The molecule has 0 amide bonds. The van der Waals surface area contributed by atoms with Gasteiger partial charge in [-0.1, -0.05) is 16.8 Å². The predicted molar refractivity (Wildman–Crippen MR) is 73.5 cm³/mol.